The quantitative estimate of drug-likeness (QED) is 0.895. The summed E-state index contributed by atoms with van der Waals surface area (Å²) in [6.45, 7) is 2.15. The molecule has 3 nitrogen and oxygen atoms in total. The van der Waals surface area contributed by atoms with Crippen LogP contribution in [0.2, 0.25) is 0 Å². The van der Waals surface area contributed by atoms with Crippen LogP contribution in [0, 0.1) is 5.92 Å². The summed E-state index contributed by atoms with van der Waals surface area (Å²) in [5, 5.41) is 2.99. The first-order valence-corrected chi connectivity index (χ1v) is 5.89. The van der Waals surface area contributed by atoms with Gasteiger partial charge in [0.1, 0.15) is 5.69 Å². The molecule has 0 radical (unpaired) electrons. The van der Waals surface area contributed by atoms with Gasteiger partial charge in [0.2, 0.25) is 0 Å². The van der Waals surface area contributed by atoms with Gasteiger partial charge in [0.25, 0.3) is 5.91 Å². The Morgan fingerprint density at radius 2 is 2.40 bits per heavy atom. The third kappa shape index (κ3) is 2.20. The molecule has 1 amide bonds. The number of halogens is 1. The molecule has 0 saturated heterocycles. The lowest BCUT2D eigenvalue weighted by atomic mass is 9.81. The molecule has 0 bridgehead atoms. The van der Waals surface area contributed by atoms with Crippen molar-refractivity contribution in [3.8, 4) is 0 Å². The highest BCUT2D eigenvalue weighted by atomic mass is 79.9. The predicted molar refractivity (Wildman–Crippen MR) is 61.6 cm³/mol. The summed E-state index contributed by atoms with van der Waals surface area (Å²) < 4.78 is 0.745. The Balaban J connectivity index is 2.05. The molecule has 1 aromatic rings. The molecule has 0 aromatic carbocycles. The van der Waals surface area contributed by atoms with Crippen molar-refractivity contribution in [3.05, 3.63) is 28.5 Å². The molecule has 1 N–H and O–H groups in total. The van der Waals surface area contributed by atoms with Crippen molar-refractivity contribution in [2.24, 2.45) is 5.92 Å². The molecule has 1 aliphatic rings. The molecule has 1 aliphatic carbocycles. The molecule has 0 aliphatic heterocycles. The van der Waals surface area contributed by atoms with Gasteiger partial charge >= 0.3 is 0 Å². The zero-order chi connectivity index (χ0) is 10.8. The fourth-order valence-electron chi connectivity index (χ4n) is 1.67. The van der Waals surface area contributed by atoms with Crippen LogP contribution in [0.3, 0.4) is 0 Å². The average Bonchev–Trinajstić information content (AvgIpc) is 2.24. The number of nitrogens with zero attached hydrogens (tertiary/aromatic N) is 1. The van der Waals surface area contributed by atoms with E-state index in [1.54, 1.807) is 12.3 Å². The second kappa shape index (κ2) is 4.31. The second-order valence-corrected chi connectivity index (χ2v) is 4.82. The summed E-state index contributed by atoms with van der Waals surface area (Å²) in [5.74, 6) is 0.510. The molecule has 2 atom stereocenters. The van der Waals surface area contributed by atoms with E-state index in [9.17, 15) is 4.79 Å². The smallest absolute Gasteiger partial charge is 0.271 e. The predicted octanol–water partition coefficient (Wildman–Crippen LogP) is 2.37. The lowest BCUT2D eigenvalue weighted by Gasteiger charge is -2.34. The number of hydrogen-bond acceptors (Lipinski definition) is 2. The van der Waals surface area contributed by atoms with Crippen LogP contribution >= 0.6 is 15.9 Å². The van der Waals surface area contributed by atoms with Gasteiger partial charge in [0.15, 0.2) is 0 Å². The minimum absolute atomic E-state index is 0.0842. The molecule has 15 heavy (non-hydrogen) atoms. The highest BCUT2D eigenvalue weighted by molar-refractivity contribution is 9.10. The van der Waals surface area contributed by atoms with Crippen LogP contribution in [0.1, 0.15) is 30.3 Å². The third-order valence-corrected chi connectivity index (χ3v) is 3.55. The standard InChI is InChI=1S/C11H13BrN2O/c1-7-4-5-9(7)14-11(15)10-8(12)3-2-6-13-10/h2-3,6-7,9H,4-5H2,1H3,(H,14,15). The first kappa shape index (κ1) is 10.6. The van der Waals surface area contributed by atoms with Gasteiger partial charge < -0.3 is 5.32 Å². The molecular weight excluding hydrogens is 256 g/mol. The Morgan fingerprint density at radius 1 is 1.60 bits per heavy atom. The normalized spacial score (nSPS) is 24.4. The zero-order valence-corrected chi connectivity index (χ0v) is 10.1. The molecule has 0 spiro atoms. The van der Waals surface area contributed by atoms with Gasteiger partial charge in [0, 0.05) is 16.7 Å². The maximum atomic E-state index is 11.8. The highest BCUT2D eigenvalue weighted by Crippen LogP contribution is 2.26. The first-order chi connectivity index (χ1) is 7.18. The number of aromatic nitrogens is 1. The molecule has 80 valence electrons. The largest absolute Gasteiger partial charge is 0.348 e. The maximum Gasteiger partial charge on any atom is 0.271 e. The van der Waals surface area contributed by atoms with Gasteiger partial charge in [-0.2, -0.15) is 0 Å². The molecule has 1 heterocycles. The summed E-state index contributed by atoms with van der Waals surface area (Å²) in [4.78, 5) is 15.9. The van der Waals surface area contributed by atoms with Gasteiger partial charge in [0.05, 0.1) is 0 Å². The molecule has 2 unspecified atom stereocenters. The summed E-state index contributed by atoms with van der Waals surface area (Å²) in [7, 11) is 0. The molecule has 1 saturated carbocycles. The molecule has 2 rings (SSSR count). The fraction of sp³-hybridized carbons (Fsp3) is 0.455. The van der Waals surface area contributed by atoms with Crippen LogP contribution in [-0.2, 0) is 0 Å². The van der Waals surface area contributed by atoms with E-state index < -0.39 is 0 Å². The number of amides is 1. The number of carbonyl (C=O) groups is 1. The summed E-state index contributed by atoms with van der Waals surface area (Å²) in [6, 6.07) is 3.95. The summed E-state index contributed by atoms with van der Waals surface area (Å²) in [5.41, 5.74) is 0.469. The van der Waals surface area contributed by atoms with E-state index >= 15 is 0 Å². The summed E-state index contributed by atoms with van der Waals surface area (Å²) >= 11 is 3.32. The maximum absolute atomic E-state index is 11.8. The Bertz CT molecular complexity index is 381. The average molecular weight is 269 g/mol. The zero-order valence-electron chi connectivity index (χ0n) is 8.53. The van der Waals surface area contributed by atoms with Crippen LogP contribution in [0.15, 0.2) is 22.8 Å². The lowest BCUT2D eigenvalue weighted by molar-refractivity contribution is 0.0878. The lowest BCUT2D eigenvalue weighted by Crippen LogP contribution is -2.45. The van der Waals surface area contributed by atoms with Crippen molar-refractivity contribution >= 4 is 21.8 Å². The van der Waals surface area contributed by atoms with Crippen LogP contribution < -0.4 is 5.32 Å². The number of pyridine rings is 1. The van der Waals surface area contributed by atoms with Crippen molar-refractivity contribution in [1.29, 1.82) is 0 Å². The van der Waals surface area contributed by atoms with Crippen molar-refractivity contribution in [2.75, 3.05) is 0 Å². The Hall–Kier alpha value is -0.900. The van der Waals surface area contributed by atoms with E-state index in [0.717, 1.165) is 10.9 Å². The van der Waals surface area contributed by atoms with Gasteiger partial charge in [-0.1, -0.05) is 6.92 Å². The van der Waals surface area contributed by atoms with Gasteiger partial charge in [-0.3, -0.25) is 4.79 Å². The molecule has 1 aromatic heterocycles. The Labute approximate surface area is 97.4 Å². The second-order valence-electron chi connectivity index (χ2n) is 3.97. The van der Waals surface area contributed by atoms with E-state index in [1.165, 1.54) is 6.42 Å². The van der Waals surface area contributed by atoms with Crippen molar-refractivity contribution < 1.29 is 4.79 Å². The van der Waals surface area contributed by atoms with E-state index in [4.69, 9.17) is 0 Å². The topological polar surface area (TPSA) is 42.0 Å². The third-order valence-electron chi connectivity index (χ3n) is 2.91. The molecule has 1 fully saturated rings. The number of rotatable bonds is 2. The van der Waals surface area contributed by atoms with Crippen molar-refractivity contribution in [3.63, 3.8) is 0 Å². The van der Waals surface area contributed by atoms with Crippen LogP contribution in [0.25, 0.3) is 0 Å². The number of hydrogen-bond donors (Lipinski definition) is 1. The molecular formula is C11H13BrN2O. The summed E-state index contributed by atoms with van der Waals surface area (Å²) in [6.07, 6.45) is 3.91. The van der Waals surface area contributed by atoms with E-state index in [0.29, 0.717) is 17.7 Å². The monoisotopic (exact) mass is 268 g/mol. The van der Waals surface area contributed by atoms with E-state index in [-0.39, 0.29) is 5.91 Å². The molecule has 4 heteroatoms. The fourth-order valence-corrected chi connectivity index (χ4v) is 2.11. The minimum Gasteiger partial charge on any atom is -0.348 e. The SMILES string of the molecule is CC1CCC1NC(=O)c1ncccc1Br. The van der Waals surface area contributed by atoms with Crippen LogP contribution in [-0.4, -0.2) is 16.9 Å². The van der Waals surface area contributed by atoms with Crippen LogP contribution in [0.5, 0.6) is 0 Å². The van der Waals surface area contributed by atoms with Crippen molar-refractivity contribution in [2.45, 2.75) is 25.8 Å². The van der Waals surface area contributed by atoms with Gasteiger partial charge in [-0.15, -0.1) is 0 Å². The Kier molecular flexibility index (Phi) is 3.05. The number of nitrogens with one attached hydrogen (secondary N) is 1. The minimum atomic E-state index is -0.0842. The highest BCUT2D eigenvalue weighted by Gasteiger charge is 2.28. The van der Waals surface area contributed by atoms with E-state index in [2.05, 4.69) is 33.2 Å². The van der Waals surface area contributed by atoms with Crippen molar-refractivity contribution in [1.82, 2.24) is 10.3 Å². The van der Waals surface area contributed by atoms with Gasteiger partial charge in [-0.05, 0) is 46.8 Å². The van der Waals surface area contributed by atoms with E-state index in [1.807, 2.05) is 6.07 Å². The van der Waals surface area contributed by atoms with Gasteiger partial charge in [-0.25, -0.2) is 4.98 Å². The van der Waals surface area contributed by atoms with Crippen LogP contribution in [0.4, 0.5) is 0 Å². The first-order valence-electron chi connectivity index (χ1n) is 5.10. The Morgan fingerprint density at radius 3 is 2.93 bits per heavy atom. The number of carbonyl (C=O) groups excluding carboxylic acids is 1.